The van der Waals surface area contributed by atoms with Crippen LogP contribution in [0.1, 0.15) is 61.3 Å². The SMILES string of the molecule is CC(C)c1cc(C(=O)NCc2ccc3c(c2)OCO3)c(NC(=O)c2ccc(C(=O)O)cc2)s1. The van der Waals surface area contributed by atoms with Crippen LogP contribution in [-0.2, 0) is 6.54 Å². The van der Waals surface area contributed by atoms with Crippen molar-refractivity contribution in [2.75, 3.05) is 12.1 Å². The maximum atomic E-state index is 13.0. The van der Waals surface area contributed by atoms with Gasteiger partial charge in [-0.15, -0.1) is 11.3 Å². The number of fused-ring (bicyclic) bond motifs is 1. The number of hydrogen-bond donors (Lipinski definition) is 3. The molecule has 1 aliphatic heterocycles. The van der Waals surface area contributed by atoms with Crippen LogP contribution in [0.25, 0.3) is 0 Å². The highest BCUT2D eigenvalue weighted by molar-refractivity contribution is 7.16. The molecule has 8 nitrogen and oxygen atoms in total. The first-order valence-corrected chi connectivity index (χ1v) is 11.1. The van der Waals surface area contributed by atoms with Crippen molar-refractivity contribution in [3.8, 4) is 11.5 Å². The maximum Gasteiger partial charge on any atom is 0.335 e. The van der Waals surface area contributed by atoms with Crippen molar-refractivity contribution in [3.63, 3.8) is 0 Å². The van der Waals surface area contributed by atoms with E-state index in [1.54, 1.807) is 12.1 Å². The predicted octanol–water partition coefficient (Wildman–Crippen LogP) is 4.48. The number of carbonyl (C=O) groups excluding carboxylic acids is 2. The van der Waals surface area contributed by atoms with Crippen LogP contribution in [0.4, 0.5) is 5.00 Å². The zero-order valence-electron chi connectivity index (χ0n) is 18.0. The Morgan fingerprint density at radius 3 is 2.36 bits per heavy atom. The number of anilines is 1. The largest absolute Gasteiger partial charge is 0.478 e. The van der Waals surface area contributed by atoms with Crippen LogP contribution in [-0.4, -0.2) is 29.7 Å². The molecule has 170 valence electrons. The molecule has 0 saturated carbocycles. The van der Waals surface area contributed by atoms with Crippen molar-refractivity contribution >= 4 is 34.1 Å². The Morgan fingerprint density at radius 2 is 1.67 bits per heavy atom. The van der Waals surface area contributed by atoms with E-state index in [1.807, 2.05) is 26.0 Å². The second-order valence-corrected chi connectivity index (χ2v) is 8.84. The number of hydrogen-bond acceptors (Lipinski definition) is 6. The first-order valence-electron chi connectivity index (χ1n) is 10.3. The zero-order chi connectivity index (χ0) is 23.5. The normalized spacial score (nSPS) is 12.0. The molecule has 3 aromatic rings. The van der Waals surface area contributed by atoms with Gasteiger partial charge in [0, 0.05) is 17.0 Å². The molecule has 0 aliphatic carbocycles. The molecule has 4 rings (SSSR count). The lowest BCUT2D eigenvalue weighted by molar-refractivity contribution is 0.0696. The lowest BCUT2D eigenvalue weighted by Crippen LogP contribution is -2.24. The minimum absolute atomic E-state index is 0.0911. The van der Waals surface area contributed by atoms with Crippen LogP contribution in [0, 0.1) is 0 Å². The molecule has 0 spiro atoms. The van der Waals surface area contributed by atoms with E-state index in [1.165, 1.54) is 35.6 Å². The predicted molar refractivity (Wildman–Crippen MR) is 123 cm³/mol. The Morgan fingerprint density at radius 1 is 0.970 bits per heavy atom. The van der Waals surface area contributed by atoms with E-state index in [2.05, 4.69) is 10.6 Å². The number of carboxylic acids is 1. The number of aromatic carboxylic acids is 1. The third-order valence-corrected chi connectivity index (χ3v) is 6.43. The summed E-state index contributed by atoms with van der Waals surface area (Å²) in [5, 5.41) is 15.1. The third kappa shape index (κ3) is 4.98. The number of carbonyl (C=O) groups is 3. The monoisotopic (exact) mass is 466 g/mol. The van der Waals surface area contributed by atoms with Crippen LogP contribution in [0.5, 0.6) is 11.5 Å². The zero-order valence-corrected chi connectivity index (χ0v) is 18.8. The summed E-state index contributed by atoms with van der Waals surface area (Å²) in [7, 11) is 0. The van der Waals surface area contributed by atoms with Crippen LogP contribution in [0.15, 0.2) is 48.5 Å². The average molecular weight is 467 g/mol. The standard InChI is InChI=1S/C24H22N2O6S/c1-13(2)20-10-17(22(28)25-11-14-3-8-18-19(9-14)32-12-31-18)23(33-20)26-21(27)15-4-6-16(7-5-15)24(29)30/h3-10,13H,11-12H2,1-2H3,(H,25,28)(H,26,27)(H,29,30). The number of thiophene rings is 1. The van der Waals surface area contributed by atoms with Crippen LogP contribution in [0.2, 0.25) is 0 Å². The first kappa shape index (κ1) is 22.3. The first-order chi connectivity index (χ1) is 15.8. The lowest BCUT2D eigenvalue weighted by Gasteiger charge is -2.08. The van der Waals surface area contributed by atoms with Gasteiger partial charge in [-0.25, -0.2) is 4.79 Å². The van der Waals surface area contributed by atoms with E-state index in [0.717, 1.165) is 10.4 Å². The Kier molecular flexibility index (Phi) is 6.32. The number of carboxylic acid groups (broad SMARTS) is 1. The quantitative estimate of drug-likeness (QED) is 0.473. The van der Waals surface area contributed by atoms with Gasteiger partial charge in [0.2, 0.25) is 6.79 Å². The summed E-state index contributed by atoms with van der Waals surface area (Å²) in [5.74, 6) is -0.313. The molecule has 1 aliphatic rings. The van der Waals surface area contributed by atoms with Gasteiger partial charge in [-0.05, 0) is 53.9 Å². The van der Waals surface area contributed by atoms with Crippen molar-refractivity contribution in [1.82, 2.24) is 5.32 Å². The smallest absolute Gasteiger partial charge is 0.335 e. The summed E-state index contributed by atoms with van der Waals surface area (Å²) in [5.41, 5.74) is 1.62. The molecule has 9 heteroatoms. The molecule has 2 aromatic carbocycles. The van der Waals surface area contributed by atoms with Gasteiger partial charge >= 0.3 is 5.97 Å². The van der Waals surface area contributed by atoms with Gasteiger partial charge in [0.1, 0.15) is 5.00 Å². The van der Waals surface area contributed by atoms with Gasteiger partial charge < -0.3 is 25.2 Å². The molecule has 0 atom stereocenters. The minimum Gasteiger partial charge on any atom is -0.478 e. The summed E-state index contributed by atoms with van der Waals surface area (Å²) in [4.78, 5) is 37.7. The molecular weight excluding hydrogens is 444 g/mol. The van der Waals surface area contributed by atoms with E-state index < -0.39 is 11.9 Å². The van der Waals surface area contributed by atoms with Gasteiger partial charge in [0.15, 0.2) is 11.5 Å². The Balaban J connectivity index is 1.49. The molecule has 2 amide bonds. The molecule has 3 N–H and O–H groups in total. The Bertz CT molecular complexity index is 1220. The summed E-state index contributed by atoms with van der Waals surface area (Å²) >= 11 is 1.34. The van der Waals surface area contributed by atoms with Crippen molar-refractivity contribution in [2.24, 2.45) is 0 Å². The van der Waals surface area contributed by atoms with Crippen LogP contribution >= 0.6 is 11.3 Å². The van der Waals surface area contributed by atoms with Crippen molar-refractivity contribution in [1.29, 1.82) is 0 Å². The molecule has 0 fully saturated rings. The van der Waals surface area contributed by atoms with E-state index in [-0.39, 0.29) is 30.7 Å². The Hall–Kier alpha value is -3.85. The summed E-state index contributed by atoms with van der Waals surface area (Å²) in [6, 6.07) is 12.9. The van der Waals surface area contributed by atoms with E-state index in [4.69, 9.17) is 14.6 Å². The third-order valence-electron chi connectivity index (χ3n) is 5.08. The number of ether oxygens (including phenoxy) is 2. The highest BCUT2D eigenvalue weighted by Gasteiger charge is 2.20. The molecular formula is C24H22N2O6S. The summed E-state index contributed by atoms with van der Waals surface area (Å²) < 4.78 is 10.7. The van der Waals surface area contributed by atoms with E-state index in [9.17, 15) is 14.4 Å². The van der Waals surface area contributed by atoms with Crippen molar-refractivity contribution in [2.45, 2.75) is 26.3 Å². The second-order valence-electron chi connectivity index (χ2n) is 7.75. The molecule has 0 bridgehead atoms. The molecule has 33 heavy (non-hydrogen) atoms. The fourth-order valence-corrected chi connectivity index (χ4v) is 4.28. The van der Waals surface area contributed by atoms with Gasteiger partial charge in [-0.1, -0.05) is 19.9 Å². The average Bonchev–Trinajstić information content (AvgIpc) is 3.44. The summed E-state index contributed by atoms with van der Waals surface area (Å²) in [6.45, 7) is 4.49. The van der Waals surface area contributed by atoms with Gasteiger partial charge in [-0.2, -0.15) is 0 Å². The fourth-order valence-electron chi connectivity index (χ4n) is 3.22. The maximum absolute atomic E-state index is 13.0. The van der Waals surface area contributed by atoms with E-state index in [0.29, 0.717) is 27.6 Å². The van der Waals surface area contributed by atoms with Crippen LogP contribution < -0.4 is 20.1 Å². The number of benzene rings is 2. The molecule has 0 radical (unpaired) electrons. The van der Waals surface area contributed by atoms with Gasteiger partial charge in [-0.3, -0.25) is 9.59 Å². The van der Waals surface area contributed by atoms with E-state index >= 15 is 0 Å². The minimum atomic E-state index is -1.07. The highest BCUT2D eigenvalue weighted by Crippen LogP contribution is 2.34. The number of rotatable bonds is 7. The van der Waals surface area contributed by atoms with Crippen LogP contribution in [0.3, 0.4) is 0 Å². The number of amides is 2. The fraction of sp³-hybridized carbons (Fsp3) is 0.208. The second kappa shape index (κ2) is 9.33. The van der Waals surface area contributed by atoms with Crippen molar-refractivity contribution < 1.29 is 29.0 Å². The summed E-state index contributed by atoms with van der Waals surface area (Å²) in [6.07, 6.45) is 0. The molecule has 1 aromatic heterocycles. The lowest BCUT2D eigenvalue weighted by atomic mass is 10.1. The topological polar surface area (TPSA) is 114 Å². The van der Waals surface area contributed by atoms with Crippen molar-refractivity contribution in [3.05, 3.63) is 75.7 Å². The van der Waals surface area contributed by atoms with Gasteiger partial charge in [0.05, 0.1) is 11.1 Å². The Labute approximate surface area is 194 Å². The number of nitrogens with one attached hydrogen (secondary N) is 2. The molecule has 0 saturated heterocycles. The van der Waals surface area contributed by atoms with Gasteiger partial charge in [0.25, 0.3) is 11.8 Å². The highest BCUT2D eigenvalue weighted by atomic mass is 32.1. The molecule has 0 unspecified atom stereocenters. The molecule has 2 heterocycles.